The Kier molecular flexibility index (Phi) is 5.28. The summed E-state index contributed by atoms with van der Waals surface area (Å²) in [7, 11) is 0. The van der Waals surface area contributed by atoms with E-state index in [1.807, 2.05) is 26.0 Å². The Labute approximate surface area is 95.7 Å². The van der Waals surface area contributed by atoms with E-state index in [0.717, 1.165) is 0 Å². The Bertz CT molecular complexity index is 339. The van der Waals surface area contributed by atoms with Crippen molar-refractivity contribution < 1.29 is 4.74 Å². The standard InChI is InChI=1S/C11H18N4O/c1-9(2)16-11-8-13-7-10(15-11)14-6-4-3-5-12/h3-4,7-9H,5-6,12H2,1-2H3,(H,14,15)/b4-3+. The quantitative estimate of drug-likeness (QED) is 0.707. The van der Waals surface area contributed by atoms with Crippen molar-refractivity contribution in [2.75, 3.05) is 18.4 Å². The summed E-state index contributed by atoms with van der Waals surface area (Å²) in [5, 5.41) is 3.10. The van der Waals surface area contributed by atoms with E-state index >= 15 is 0 Å². The third kappa shape index (κ3) is 4.75. The molecule has 0 aliphatic rings. The summed E-state index contributed by atoms with van der Waals surface area (Å²) in [6.45, 7) is 5.12. The molecular formula is C11H18N4O. The molecule has 1 aromatic heterocycles. The third-order valence-electron chi connectivity index (χ3n) is 1.67. The molecule has 0 atom stereocenters. The molecule has 16 heavy (non-hydrogen) atoms. The molecule has 0 fully saturated rings. The molecule has 1 heterocycles. The van der Waals surface area contributed by atoms with Crippen LogP contribution >= 0.6 is 0 Å². The number of aromatic nitrogens is 2. The van der Waals surface area contributed by atoms with Crippen LogP contribution in [-0.2, 0) is 0 Å². The van der Waals surface area contributed by atoms with Crippen LogP contribution in [0.1, 0.15) is 13.8 Å². The molecule has 0 saturated heterocycles. The summed E-state index contributed by atoms with van der Waals surface area (Å²) < 4.78 is 5.43. The molecule has 0 spiro atoms. The van der Waals surface area contributed by atoms with Crippen molar-refractivity contribution >= 4 is 5.82 Å². The van der Waals surface area contributed by atoms with Gasteiger partial charge in [-0.1, -0.05) is 12.2 Å². The summed E-state index contributed by atoms with van der Waals surface area (Å²) in [6, 6.07) is 0. The molecule has 0 aliphatic heterocycles. The zero-order chi connectivity index (χ0) is 11.8. The van der Waals surface area contributed by atoms with Crippen LogP contribution in [0.5, 0.6) is 5.88 Å². The maximum absolute atomic E-state index is 5.43. The number of ether oxygens (including phenoxy) is 1. The molecule has 3 N–H and O–H groups in total. The zero-order valence-electron chi connectivity index (χ0n) is 9.68. The van der Waals surface area contributed by atoms with Crippen LogP contribution in [0.3, 0.4) is 0 Å². The highest BCUT2D eigenvalue weighted by atomic mass is 16.5. The van der Waals surface area contributed by atoms with Gasteiger partial charge in [0.15, 0.2) is 0 Å². The van der Waals surface area contributed by atoms with Crippen LogP contribution in [-0.4, -0.2) is 29.2 Å². The number of hydrogen-bond donors (Lipinski definition) is 2. The molecule has 88 valence electrons. The molecule has 5 heteroatoms. The largest absolute Gasteiger partial charge is 0.474 e. The van der Waals surface area contributed by atoms with Gasteiger partial charge in [0.25, 0.3) is 0 Å². The zero-order valence-corrected chi connectivity index (χ0v) is 9.68. The fraction of sp³-hybridized carbons (Fsp3) is 0.455. The van der Waals surface area contributed by atoms with Gasteiger partial charge in [0.05, 0.1) is 18.5 Å². The van der Waals surface area contributed by atoms with Crippen LogP contribution in [0.2, 0.25) is 0 Å². The number of nitrogens with two attached hydrogens (primary N) is 1. The van der Waals surface area contributed by atoms with Gasteiger partial charge in [0, 0.05) is 13.1 Å². The highest BCUT2D eigenvalue weighted by Gasteiger charge is 2.00. The van der Waals surface area contributed by atoms with E-state index in [-0.39, 0.29) is 6.10 Å². The summed E-state index contributed by atoms with van der Waals surface area (Å²) in [4.78, 5) is 8.29. The second-order valence-electron chi connectivity index (χ2n) is 3.50. The maximum Gasteiger partial charge on any atom is 0.234 e. The topological polar surface area (TPSA) is 73.1 Å². The Morgan fingerprint density at radius 3 is 2.94 bits per heavy atom. The molecule has 0 bridgehead atoms. The van der Waals surface area contributed by atoms with Gasteiger partial charge in [0.1, 0.15) is 5.82 Å². The second kappa shape index (κ2) is 6.79. The van der Waals surface area contributed by atoms with E-state index in [4.69, 9.17) is 10.5 Å². The number of anilines is 1. The van der Waals surface area contributed by atoms with Crippen molar-refractivity contribution in [3.05, 3.63) is 24.5 Å². The lowest BCUT2D eigenvalue weighted by molar-refractivity contribution is 0.232. The lowest BCUT2D eigenvalue weighted by Gasteiger charge is -2.09. The first-order valence-electron chi connectivity index (χ1n) is 5.30. The van der Waals surface area contributed by atoms with Crippen molar-refractivity contribution in [2.45, 2.75) is 20.0 Å². The number of nitrogens with one attached hydrogen (secondary N) is 1. The van der Waals surface area contributed by atoms with Gasteiger partial charge in [-0.3, -0.25) is 4.98 Å². The van der Waals surface area contributed by atoms with E-state index in [1.54, 1.807) is 12.4 Å². The van der Waals surface area contributed by atoms with Gasteiger partial charge < -0.3 is 15.8 Å². The first kappa shape index (κ1) is 12.4. The van der Waals surface area contributed by atoms with Crippen molar-refractivity contribution in [1.82, 2.24) is 9.97 Å². The van der Waals surface area contributed by atoms with Gasteiger partial charge in [-0.2, -0.15) is 4.98 Å². The summed E-state index contributed by atoms with van der Waals surface area (Å²) >= 11 is 0. The molecule has 0 saturated carbocycles. The van der Waals surface area contributed by atoms with Crippen LogP contribution in [0.25, 0.3) is 0 Å². The number of rotatable bonds is 6. The predicted octanol–water partition coefficient (Wildman–Crippen LogP) is 1.19. The first-order chi connectivity index (χ1) is 7.72. The van der Waals surface area contributed by atoms with Crippen LogP contribution < -0.4 is 15.8 Å². The molecular weight excluding hydrogens is 204 g/mol. The van der Waals surface area contributed by atoms with E-state index in [2.05, 4.69) is 15.3 Å². The van der Waals surface area contributed by atoms with Crippen LogP contribution in [0, 0.1) is 0 Å². The van der Waals surface area contributed by atoms with E-state index in [9.17, 15) is 0 Å². The van der Waals surface area contributed by atoms with E-state index in [0.29, 0.717) is 24.8 Å². The fourth-order valence-corrected chi connectivity index (χ4v) is 1.07. The molecule has 1 rings (SSSR count). The molecule has 0 amide bonds. The SMILES string of the molecule is CC(C)Oc1cncc(NC/C=C/CN)n1. The Hall–Kier alpha value is -1.62. The molecule has 0 radical (unpaired) electrons. The Balaban J connectivity index is 2.50. The maximum atomic E-state index is 5.43. The molecule has 1 aromatic rings. The van der Waals surface area contributed by atoms with Crippen LogP contribution in [0.4, 0.5) is 5.82 Å². The predicted molar refractivity (Wildman–Crippen MR) is 64.5 cm³/mol. The van der Waals surface area contributed by atoms with Gasteiger partial charge in [-0.25, -0.2) is 0 Å². The van der Waals surface area contributed by atoms with Crippen molar-refractivity contribution in [1.29, 1.82) is 0 Å². The highest BCUT2D eigenvalue weighted by molar-refractivity contribution is 5.34. The van der Waals surface area contributed by atoms with Crippen molar-refractivity contribution in [3.8, 4) is 5.88 Å². The summed E-state index contributed by atoms with van der Waals surface area (Å²) in [5.74, 6) is 1.22. The fourth-order valence-electron chi connectivity index (χ4n) is 1.07. The first-order valence-corrected chi connectivity index (χ1v) is 5.30. The number of hydrogen-bond acceptors (Lipinski definition) is 5. The summed E-state index contributed by atoms with van der Waals surface area (Å²) in [5.41, 5.74) is 5.32. The van der Waals surface area contributed by atoms with Crippen molar-refractivity contribution in [2.24, 2.45) is 5.73 Å². The van der Waals surface area contributed by atoms with Crippen LogP contribution in [0.15, 0.2) is 24.5 Å². The van der Waals surface area contributed by atoms with Gasteiger partial charge >= 0.3 is 0 Å². The second-order valence-corrected chi connectivity index (χ2v) is 3.50. The third-order valence-corrected chi connectivity index (χ3v) is 1.67. The minimum atomic E-state index is 0.0988. The van der Waals surface area contributed by atoms with Gasteiger partial charge in [-0.05, 0) is 13.8 Å². The van der Waals surface area contributed by atoms with Crippen molar-refractivity contribution in [3.63, 3.8) is 0 Å². The Morgan fingerprint density at radius 1 is 1.44 bits per heavy atom. The number of nitrogens with zero attached hydrogens (tertiary/aromatic N) is 2. The monoisotopic (exact) mass is 222 g/mol. The molecule has 0 unspecified atom stereocenters. The van der Waals surface area contributed by atoms with E-state index < -0.39 is 0 Å². The minimum Gasteiger partial charge on any atom is -0.474 e. The normalized spacial score (nSPS) is 11.0. The van der Waals surface area contributed by atoms with Gasteiger partial charge in [-0.15, -0.1) is 0 Å². The smallest absolute Gasteiger partial charge is 0.234 e. The molecule has 5 nitrogen and oxygen atoms in total. The lowest BCUT2D eigenvalue weighted by Crippen LogP contribution is -2.09. The van der Waals surface area contributed by atoms with E-state index in [1.165, 1.54) is 0 Å². The molecule has 0 aromatic carbocycles. The van der Waals surface area contributed by atoms with Gasteiger partial charge in [0.2, 0.25) is 5.88 Å². The summed E-state index contributed by atoms with van der Waals surface area (Å²) in [6.07, 6.45) is 7.18. The Morgan fingerprint density at radius 2 is 2.25 bits per heavy atom. The average Bonchev–Trinajstić information content (AvgIpc) is 2.24. The molecule has 0 aliphatic carbocycles. The minimum absolute atomic E-state index is 0.0988. The average molecular weight is 222 g/mol. The highest BCUT2D eigenvalue weighted by Crippen LogP contribution is 2.10. The lowest BCUT2D eigenvalue weighted by atomic mass is 10.5.